The molecule has 1 aliphatic carbocycles. The highest BCUT2D eigenvalue weighted by Crippen LogP contribution is 2.28. The van der Waals surface area contributed by atoms with Crippen LogP contribution in [-0.4, -0.2) is 63.9 Å². The summed E-state index contributed by atoms with van der Waals surface area (Å²) in [6, 6.07) is 8.41. The van der Waals surface area contributed by atoms with Crippen LogP contribution in [0.3, 0.4) is 0 Å². The van der Waals surface area contributed by atoms with Gasteiger partial charge in [-0.3, -0.25) is 0 Å². The largest absolute Gasteiger partial charge is 0.381 e. The van der Waals surface area contributed by atoms with Crippen molar-refractivity contribution in [3.05, 3.63) is 35.6 Å². The van der Waals surface area contributed by atoms with Gasteiger partial charge < -0.3 is 20.3 Å². The van der Waals surface area contributed by atoms with Crippen LogP contribution < -0.4 is 10.6 Å². The van der Waals surface area contributed by atoms with Crippen LogP contribution in [0.25, 0.3) is 0 Å². The van der Waals surface area contributed by atoms with Gasteiger partial charge in [0.1, 0.15) is 5.82 Å². The maximum Gasteiger partial charge on any atom is 0.123 e. The average molecular weight is 420 g/mol. The normalized spacial score (nSPS) is 30.0. The monoisotopic (exact) mass is 419 g/mol. The molecule has 0 bridgehead atoms. The van der Waals surface area contributed by atoms with Crippen LogP contribution in [0.5, 0.6) is 0 Å². The maximum absolute atomic E-state index is 13.1. The van der Waals surface area contributed by atoms with Crippen molar-refractivity contribution < 1.29 is 9.13 Å². The fourth-order valence-corrected chi connectivity index (χ4v) is 5.39. The van der Waals surface area contributed by atoms with Crippen molar-refractivity contribution >= 4 is 0 Å². The van der Waals surface area contributed by atoms with Gasteiger partial charge in [0.2, 0.25) is 0 Å². The van der Waals surface area contributed by atoms with Gasteiger partial charge in [0.15, 0.2) is 0 Å². The Hall–Kier alpha value is -1.01. The van der Waals surface area contributed by atoms with Crippen molar-refractivity contribution in [3.8, 4) is 0 Å². The lowest BCUT2D eigenvalue weighted by molar-refractivity contribution is 0.114. The van der Waals surface area contributed by atoms with Crippen LogP contribution in [0, 0.1) is 17.7 Å². The Morgan fingerprint density at radius 1 is 1.00 bits per heavy atom. The van der Waals surface area contributed by atoms with Crippen LogP contribution in [0.2, 0.25) is 0 Å². The van der Waals surface area contributed by atoms with Gasteiger partial charge in [0, 0.05) is 38.4 Å². The molecule has 1 saturated carbocycles. The van der Waals surface area contributed by atoms with Crippen LogP contribution >= 0.6 is 0 Å². The highest BCUT2D eigenvalue weighted by molar-refractivity contribution is 5.16. The summed E-state index contributed by atoms with van der Waals surface area (Å²) in [6.07, 6.45) is 10.1. The molecule has 170 valence electrons. The number of hydrogen-bond acceptors (Lipinski definition) is 4. The first-order valence-corrected chi connectivity index (χ1v) is 12.1. The van der Waals surface area contributed by atoms with Crippen molar-refractivity contribution in [2.24, 2.45) is 11.8 Å². The lowest BCUT2D eigenvalue weighted by Gasteiger charge is -2.41. The molecule has 30 heavy (non-hydrogen) atoms. The van der Waals surface area contributed by atoms with Gasteiger partial charge in [-0.2, -0.15) is 0 Å². The van der Waals surface area contributed by atoms with E-state index >= 15 is 0 Å². The molecule has 0 spiro atoms. The van der Waals surface area contributed by atoms with Gasteiger partial charge >= 0.3 is 0 Å². The van der Waals surface area contributed by atoms with Gasteiger partial charge in [-0.05, 0) is 102 Å². The van der Waals surface area contributed by atoms with Crippen LogP contribution in [0.1, 0.15) is 50.5 Å². The summed E-state index contributed by atoms with van der Waals surface area (Å²) in [7, 11) is 4.21. The predicted octanol–water partition coefficient (Wildman–Crippen LogP) is 3.85. The molecule has 5 heteroatoms. The van der Waals surface area contributed by atoms with Crippen molar-refractivity contribution in [3.63, 3.8) is 0 Å². The van der Waals surface area contributed by atoms with E-state index in [9.17, 15) is 4.39 Å². The number of ether oxygens (including phenoxy) is 1. The number of benzene rings is 1. The molecule has 3 fully saturated rings. The zero-order valence-corrected chi connectivity index (χ0v) is 19.0. The van der Waals surface area contributed by atoms with Crippen molar-refractivity contribution in [2.45, 2.75) is 63.5 Å². The summed E-state index contributed by atoms with van der Waals surface area (Å²) in [6.45, 7) is 5.63. The van der Waals surface area contributed by atoms with Gasteiger partial charge in [-0.1, -0.05) is 12.1 Å². The topological polar surface area (TPSA) is 36.5 Å². The van der Waals surface area contributed by atoms with E-state index in [2.05, 4.69) is 29.6 Å². The minimum Gasteiger partial charge on any atom is -0.381 e. The van der Waals surface area contributed by atoms with E-state index in [1.54, 1.807) is 12.1 Å². The molecule has 0 radical (unpaired) electrons. The van der Waals surface area contributed by atoms with E-state index in [-0.39, 0.29) is 5.82 Å². The smallest absolute Gasteiger partial charge is 0.123 e. The minimum atomic E-state index is -0.136. The number of nitrogens with zero attached hydrogens (tertiary/aromatic N) is 1. The zero-order chi connectivity index (χ0) is 21.2. The molecule has 0 unspecified atom stereocenters. The number of piperidine rings is 1. The number of nitrogens with one attached hydrogen (secondary N) is 2. The minimum absolute atomic E-state index is 0.136. The lowest BCUT2D eigenvalue weighted by atomic mass is 9.80. The number of likely N-dealkylation sites (tertiary alicyclic amines) is 1. The highest BCUT2D eigenvalue weighted by Gasteiger charge is 2.31. The van der Waals surface area contributed by atoms with Crippen molar-refractivity contribution in [2.75, 3.05) is 46.9 Å². The van der Waals surface area contributed by atoms with E-state index in [4.69, 9.17) is 4.74 Å². The van der Waals surface area contributed by atoms with Crippen LogP contribution in [0.4, 0.5) is 4.39 Å². The third-order valence-corrected chi connectivity index (χ3v) is 7.12. The quantitative estimate of drug-likeness (QED) is 0.734. The Morgan fingerprint density at radius 2 is 1.77 bits per heavy atom. The standard InChI is InChI=1S/C21H34FN3.C4H8O/c1-23-20-9-10-21(24-2)18(13-20)15-25-11-3-4-17(14-25)12-16-5-7-19(22)8-6-16;1-2-4-5-3-1/h5-8,17-18,20-21,23-24H,3-4,9-15H2,1-2H3;1-4H2/t17-,18-,20+,21+;/m0./s1. The highest BCUT2D eigenvalue weighted by atomic mass is 19.1. The number of halogens is 1. The Bertz CT molecular complexity index is 585. The zero-order valence-electron chi connectivity index (χ0n) is 19.0. The summed E-state index contributed by atoms with van der Waals surface area (Å²) in [5.41, 5.74) is 1.27. The molecule has 4 nitrogen and oxygen atoms in total. The van der Waals surface area contributed by atoms with Crippen molar-refractivity contribution in [1.82, 2.24) is 15.5 Å². The second-order valence-electron chi connectivity index (χ2n) is 9.37. The van der Waals surface area contributed by atoms with E-state index in [0.717, 1.165) is 25.6 Å². The molecule has 2 N–H and O–H groups in total. The fourth-order valence-electron chi connectivity index (χ4n) is 5.39. The molecule has 1 aromatic carbocycles. The van der Waals surface area contributed by atoms with E-state index < -0.39 is 0 Å². The maximum atomic E-state index is 13.1. The first-order chi connectivity index (χ1) is 14.7. The summed E-state index contributed by atoms with van der Waals surface area (Å²) >= 11 is 0. The molecule has 2 saturated heterocycles. The average Bonchev–Trinajstić information content (AvgIpc) is 3.36. The van der Waals surface area contributed by atoms with Crippen LogP contribution in [0.15, 0.2) is 24.3 Å². The Balaban J connectivity index is 0.000000448. The Kier molecular flexibility index (Phi) is 10.1. The summed E-state index contributed by atoms with van der Waals surface area (Å²) < 4.78 is 18.0. The second kappa shape index (κ2) is 12.7. The molecule has 4 atom stereocenters. The second-order valence-corrected chi connectivity index (χ2v) is 9.37. The molecular weight excluding hydrogens is 377 g/mol. The summed E-state index contributed by atoms with van der Waals surface area (Å²) in [4.78, 5) is 2.69. The molecule has 0 aromatic heterocycles. The van der Waals surface area contributed by atoms with Crippen molar-refractivity contribution in [1.29, 1.82) is 0 Å². The van der Waals surface area contributed by atoms with E-state index in [1.807, 2.05) is 12.1 Å². The number of rotatable bonds is 6. The SMILES string of the molecule is C1CCOC1.CN[C@@H]1CC[C@@H](NC)[C@H](CN2CCC[C@@H](Cc3ccc(F)cc3)C2)C1. The van der Waals surface area contributed by atoms with Gasteiger partial charge in [-0.15, -0.1) is 0 Å². The third-order valence-electron chi connectivity index (χ3n) is 7.12. The summed E-state index contributed by atoms with van der Waals surface area (Å²) in [5, 5.41) is 7.04. The first-order valence-electron chi connectivity index (χ1n) is 12.1. The predicted molar refractivity (Wildman–Crippen MR) is 122 cm³/mol. The van der Waals surface area contributed by atoms with Gasteiger partial charge in [-0.25, -0.2) is 4.39 Å². The van der Waals surface area contributed by atoms with Gasteiger partial charge in [0.05, 0.1) is 0 Å². The Labute approximate surface area is 182 Å². The molecule has 1 aromatic rings. The fraction of sp³-hybridized carbons (Fsp3) is 0.760. The van der Waals surface area contributed by atoms with Crippen LogP contribution in [-0.2, 0) is 11.2 Å². The van der Waals surface area contributed by atoms with E-state index in [0.29, 0.717) is 18.0 Å². The first kappa shape index (κ1) is 23.6. The van der Waals surface area contributed by atoms with E-state index in [1.165, 1.54) is 70.1 Å². The molecule has 2 heterocycles. The molecule has 4 rings (SSSR count). The Morgan fingerprint density at radius 3 is 2.40 bits per heavy atom. The summed E-state index contributed by atoms with van der Waals surface area (Å²) in [5.74, 6) is 1.31. The molecule has 3 aliphatic rings. The molecular formula is C25H42FN3O. The van der Waals surface area contributed by atoms with Gasteiger partial charge in [0.25, 0.3) is 0 Å². The third kappa shape index (κ3) is 7.60. The molecule has 0 amide bonds. The number of hydrogen-bond donors (Lipinski definition) is 2. The molecule has 2 aliphatic heterocycles. The lowest BCUT2D eigenvalue weighted by Crippen LogP contribution is -2.49.